The summed E-state index contributed by atoms with van der Waals surface area (Å²) >= 11 is 0. The fraction of sp³-hybridized carbons (Fsp3) is 0.267. The van der Waals surface area contributed by atoms with Crippen LogP contribution in [0.5, 0.6) is 0 Å². The summed E-state index contributed by atoms with van der Waals surface area (Å²) in [5.41, 5.74) is 3.21. The largest absolute Gasteiger partial charge is 0.460 e. The zero-order chi connectivity index (χ0) is 23.3. The number of nitrogen functional groups attached to an aromatic ring is 2. The first-order chi connectivity index (χ1) is 13.4. The van der Waals surface area contributed by atoms with Gasteiger partial charge in [0.05, 0.1) is 11.3 Å². The van der Waals surface area contributed by atoms with Crippen LogP contribution in [-0.4, -0.2) is 22.1 Å². The fourth-order valence-corrected chi connectivity index (χ4v) is 2.36. The highest BCUT2D eigenvalue weighted by atomic mass is 19.4. The summed E-state index contributed by atoms with van der Waals surface area (Å²) in [7, 11) is 0. The quantitative estimate of drug-likeness (QED) is 0.676. The smallest absolute Gasteiger partial charge is 0.382 e. The molecule has 0 bridgehead atoms. The number of nitriles is 1. The van der Waals surface area contributed by atoms with E-state index in [9.17, 15) is 43.9 Å². The monoisotopic (exact) mass is 447 g/mol. The highest BCUT2D eigenvalue weighted by molar-refractivity contribution is 5.74. The normalized spacial score (nSPS) is 13.2. The van der Waals surface area contributed by atoms with Crippen LogP contribution in [0.1, 0.15) is 16.7 Å². The zero-order valence-corrected chi connectivity index (χ0v) is 14.0. The molecule has 162 valence electrons. The summed E-state index contributed by atoms with van der Waals surface area (Å²) in [6.07, 6.45) is -12.6. The lowest BCUT2D eigenvalue weighted by atomic mass is 9.92. The Balaban J connectivity index is 2.90. The maximum absolute atomic E-state index is 14.1. The predicted octanol–water partition coefficient (Wildman–Crippen LogP) is 4.49. The van der Waals surface area contributed by atoms with Gasteiger partial charge in [0.25, 0.3) is 0 Å². The van der Waals surface area contributed by atoms with Gasteiger partial charge in [-0.2, -0.15) is 54.2 Å². The van der Waals surface area contributed by atoms with Crippen molar-refractivity contribution in [2.24, 2.45) is 0 Å². The van der Waals surface area contributed by atoms with Crippen molar-refractivity contribution in [1.29, 1.82) is 5.26 Å². The molecule has 15 heteroatoms. The lowest BCUT2D eigenvalue weighted by Crippen LogP contribution is -2.50. The Morgan fingerprint density at radius 3 is 1.87 bits per heavy atom. The number of alkyl halides is 10. The number of rotatable bonds is 3. The molecule has 0 saturated heterocycles. The number of hydrogen-bond acceptors (Lipinski definition) is 5. The summed E-state index contributed by atoms with van der Waals surface area (Å²) in [6, 6.07) is 1.39. The molecule has 30 heavy (non-hydrogen) atoms. The van der Waals surface area contributed by atoms with Gasteiger partial charge in [-0.05, 0) is 12.1 Å². The number of nitrogens with zero attached hydrogens (tertiary/aromatic N) is 3. The van der Waals surface area contributed by atoms with Crippen molar-refractivity contribution in [1.82, 2.24) is 9.97 Å². The van der Waals surface area contributed by atoms with Gasteiger partial charge < -0.3 is 11.5 Å². The molecule has 0 spiro atoms. The summed E-state index contributed by atoms with van der Waals surface area (Å²) in [5, 5.41) is 9.05. The van der Waals surface area contributed by atoms with Crippen LogP contribution in [0.3, 0.4) is 0 Å². The van der Waals surface area contributed by atoms with Gasteiger partial charge in [-0.25, -0.2) is 4.98 Å². The van der Waals surface area contributed by atoms with Crippen LogP contribution < -0.4 is 11.5 Å². The minimum Gasteiger partial charge on any atom is -0.382 e. The van der Waals surface area contributed by atoms with Crippen molar-refractivity contribution in [2.45, 2.75) is 24.2 Å². The Morgan fingerprint density at radius 1 is 0.833 bits per heavy atom. The zero-order valence-electron chi connectivity index (χ0n) is 14.0. The number of halogens is 10. The van der Waals surface area contributed by atoms with Gasteiger partial charge in [-0.1, -0.05) is 6.07 Å². The maximum Gasteiger partial charge on any atom is 0.460 e. The van der Waals surface area contributed by atoms with E-state index in [4.69, 9.17) is 16.7 Å². The lowest BCUT2D eigenvalue weighted by Gasteiger charge is -2.30. The van der Waals surface area contributed by atoms with Gasteiger partial charge in [0.2, 0.25) is 5.95 Å². The van der Waals surface area contributed by atoms with Crippen molar-refractivity contribution in [3.63, 3.8) is 0 Å². The third-order valence-corrected chi connectivity index (χ3v) is 3.75. The first kappa shape index (κ1) is 23.0. The third-order valence-electron chi connectivity index (χ3n) is 3.75. The van der Waals surface area contributed by atoms with Crippen molar-refractivity contribution >= 4 is 11.8 Å². The van der Waals surface area contributed by atoms with E-state index in [1.165, 1.54) is 6.07 Å². The lowest BCUT2D eigenvalue weighted by molar-refractivity contribution is -0.360. The highest BCUT2D eigenvalue weighted by Crippen LogP contribution is 2.54. The Hall–Kier alpha value is -3.31. The van der Waals surface area contributed by atoms with Crippen molar-refractivity contribution < 1.29 is 43.9 Å². The van der Waals surface area contributed by atoms with Crippen LogP contribution in [0.2, 0.25) is 0 Å². The molecule has 0 aliphatic rings. The van der Waals surface area contributed by atoms with Gasteiger partial charge in [0.15, 0.2) is 0 Å². The van der Waals surface area contributed by atoms with Crippen LogP contribution in [0.25, 0.3) is 11.3 Å². The molecule has 4 N–H and O–H groups in total. The molecule has 0 radical (unpaired) electrons. The van der Waals surface area contributed by atoms with E-state index < -0.39 is 63.9 Å². The van der Waals surface area contributed by atoms with Crippen LogP contribution in [0.15, 0.2) is 18.2 Å². The molecular weight excluding hydrogens is 440 g/mol. The third kappa shape index (κ3) is 3.64. The van der Waals surface area contributed by atoms with Crippen LogP contribution in [-0.2, 0) is 12.1 Å². The number of aromatic nitrogens is 2. The molecule has 1 heterocycles. The molecule has 0 aliphatic carbocycles. The second-order valence-corrected chi connectivity index (χ2v) is 5.71. The average Bonchev–Trinajstić information content (AvgIpc) is 2.58. The summed E-state index contributed by atoms with van der Waals surface area (Å²) in [6.45, 7) is 0. The molecule has 1 aromatic carbocycles. The Morgan fingerprint density at radius 2 is 1.40 bits per heavy atom. The van der Waals surface area contributed by atoms with E-state index in [0.717, 1.165) is 0 Å². The fourth-order valence-electron chi connectivity index (χ4n) is 2.36. The van der Waals surface area contributed by atoms with Crippen LogP contribution in [0, 0.1) is 11.3 Å². The molecule has 0 unspecified atom stereocenters. The van der Waals surface area contributed by atoms with Gasteiger partial charge >= 0.3 is 24.2 Å². The number of nitrogens with two attached hydrogens (primary N) is 2. The molecule has 1 aromatic heterocycles. The molecule has 0 fully saturated rings. The maximum atomic E-state index is 14.1. The van der Waals surface area contributed by atoms with E-state index in [2.05, 4.69) is 9.97 Å². The van der Waals surface area contributed by atoms with E-state index in [-0.39, 0.29) is 12.1 Å². The van der Waals surface area contributed by atoms with E-state index in [0.29, 0.717) is 6.07 Å². The first-order valence-electron chi connectivity index (χ1n) is 7.32. The number of hydrogen-bond donors (Lipinski definition) is 2. The predicted molar refractivity (Wildman–Crippen MR) is 80.9 cm³/mol. The number of anilines is 2. The van der Waals surface area contributed by atoms with Gasteiger partial charge in [-0.3, -0.25) is 0 Å². The standard InChI is InChI=1S/C15H7F10N5/c16-12(17,14(21,22)15(23,24)25)8-3-5(1-2-7(8)13(18,19)20)9-6(4-26)10(27)30-11(28)29-9/h1-3H,(H4,27,28,29,30). The summed E-state index contributed by atoms with van der Waals surface area (Å²) < 4.78 is 132. The van der Waals surface area contributed by atoms with Gasteiger partial charge in [0, 0.05) is 11.1 Å². The summed E-state index contributed by atoms with van der Waals surface area (Å²) in [4.78, 5) is 6.78. The van der Waals surface area contributed by atoms with Gasteiger partial charge in [0.1, 0.15) is 17.5 Å². The SMILES string of the molecule is N#Cc1c(N)nc(N)nc1-c1ccc(C(F)(F)F)c(C(F)(F)C(F)(F)C(F)(F)F)c1. The van der Waals surface area contributed by atoms with E-state index >= 15 is 0 Å². The van der Waals surface area contributed by atoms with Crippen molar-refractivity contribution in [3.05, 3.63) is 34.9 Å². The topological polar surface area (TPSA) is 102 Å². The number of benzene rings is 1. The Bertz CT molecular complexity index is 1020. The minimum atomic E-state index is -6.88. The van der Waals surface area contributed by atoms with Crippen LogP contribution in [0.4, 0.5) is 55.7 Å². The average molecular weight is 447 g/mol. The molecule has 0 aliphatic heterocycles. The van der Waals surface area contributed by atoms with Crippen molar-refractivity contribution in [3.8, 4) is 17.3 Å². The highest BCUT2D eigenvalue weighted by Gasteiger charge is 2.74. The second-order valence-electron chi connectivity index (χ2n) is 5.71. The molecule has 0 saturated carbocycles. The Kier molecular flexibility index (Phi) is 5.27. The van der Waals surface area contributed by atoms with Gasteiger partial charge in [-0.15, -0.1) is 0 Å². The molecular formula is C15H7F10N5. The molecule has 2 aromatic rings. The first-order valence-corrected chi connectivity index (χ1v) is 7.32. The molecule has 0 atom stereocenters. The van der Waals surface area contributed by atoms with Crippen molar-refractivity contribution in [2.75, 3.05) is 11.5 Å². The molecule has 0 amide bonds. The Labute approximate surface area is 159 Å². The summed E-state index contributed by atoms with van der Waals surface area (Å²) in [5.74, 6) is -14.5. The van der Waals surface area contributed by atoms with E-state index in [1.54, 1.807) is 0 Å². The minimum absolute atomic E-state index is 0.152. The molecule has 2 rings (SSSR count). The molecule has 5 nitrogen and oxygen atoms in total. The second kappa shape index (κ2) is 6.89. The van der Waals surface area contributed by atoms with E-state index in [1.807, 2.05) is 0 Å². The van der Waals surface area contributed by atoms with Crippen LogP contribution >= 0.6 is 0 Å².